The molecule has 15 nitrogen and oxygen atoms in total. The number of hydrogen-bond donors (Lipinski definition) is 1. The van der Waals surface area contributed by atoms with Crippen molar-refractivity contribution < 1.29 is 104 Å². The summed E-state index contributed by atoms with van der Waals surface area (Å²) in [5, 5.41) is 11.0. The Morgan fingerprint density at radius 1 is 0.736 bits per heavy atom. The summed E-state index contributed by atoms with van der Waals surface area (Å²) in [6, 6.07) is 0. The minimum absolute atomic E-state index is 0. The van der Waals surface area contributed by atoms with E-state index < -0.39 is 37.1 Å². The molecule has 0 aliphatic carbocycles. The third kappa shape index (κ3) is 28.1. The topological polar surface area (TPSA) is 243 Å². The first-order valence-electron chi connectivity index (χ1n) is 14.7. The molecule has 53 heavy (non-hydrogen) atoms. The van der Waals surface area contributed by atoms with Crippen molar-refractivity contribution in [2.45, 2.75) is 147 Å². The predicted octanol–water partition coefficient (Wildman–Crippen LogP) is 4.85. The number of aliphatic hydroxyl groups is 1. The molecule has 7 atom stereocenters. The van der Waals surface area contributed by atoms with Crippen LogP contribution >= 0.6 is 0 Å². The largest absolute Gasteiger partial charge is 0 e. The first-order valence-corrected chi connectivity index (χ1v) is 18.2. The average molecular weight is 853 g/mol. The van der Waals surface area contributed by atoms with Crippen molar-refractivity contribution in [1.29, 1.82) is 0 Å². The maximum atomic E-state index is 11.9. The van der Waals surface area contributed by atoms with Gasteiger partial charge in [0.2, 0.25) is 0 Å². The Morgan fingerprint density at radius 2 is 1.11 bits per heavy atom. The molecule has 0 amide bonds. The van der Waals surface area contributed by atoms with Crippen LogP contribution in [-0.2, 0) is 94.5 Å². The van der Waals surface area contributed by atoms with Gasteiger partial charge in [-0.05, 0) is 86.1 Å². The number of ether oxygens (including phenoxy) is 5. The van der Waals surface area contributed by atoms with E-state index in [1.54, 1.807) is 27.7 Å². The van der Waals surface area contributed by atoms with Crippen LogP contribution in [0.1, 0.15) is 80.1 Å². The second kappa shape index (κ2) is 36.9. The Hall–Kier alpha value is -2.00. The average Bonchev–Trinajstić information content (AvgIpc) is 3.90. The van der Waals surface area contributed by atoms with Gasteiger partial charge in [-0.1, -0.05) is 25.3 Å². The van der Waals surface area contributed by atoms with Crippen LogP contribution in [0.3, 0.4) is 0 Å². The standard InChI is InChI=1S/C27H46O7Si.8CO.2Co/c1-24(2,3)34-23(28)30-18-25(4,29)20-13-16-27(6,33-20)22-11-10-21(31-22)26(5)15-12-19(32-26)14-17-35(7,8)9;8*1-2;;/h19-22,29H,10-13,15-16,18H2,1-9H3;;;;;;;;;;/t19-,20-,21-,22+,25+,26+,27-;;;;;;;;;;/m0........../s1. The zero-order chi connectivity index (χ0) is 42.3. The molecule has 3 heterocycles. The minimum Gasteiger partial charge on any atom is 0 e. The van der Waals surface area contributed by atoms with Gasteiger partial charge in [0, 0.05) is 33.6 Å². The molecule has 18 heteroatoms. The van der Waals surface area contributed by atoms with Crippen LogP contribution in [-0.4, -0.2) is 72.8 Å². The van der Waals surface area contributed by atoms with E-state index in [1.807, 2.05) is 0 Å². The van der Waals surface area contributed by atoms with E-state index >= 15 is 0 Å². The van der Waals surface area contributed by atoms with Gasteiger partial charge in [-0.2, -0.15) is 0 Å². The van der Waals surface area contributed by atoms with Crippen LogP contribution in [0.2, 0.25) is 19.6 Å². The van der Waals surface area contributed by atoms with Gasteiger partial charge < -0.3 is 28.8 Å². The predicted molar refractivity (Wildman–Crippen MR) is 167 cm³/mol. The first kappa shape index (κ1) is 69.0. The van der Waals surface area contributed by atoms with E-state index in [2.05, 4.69) is 98.5 Å². The summed E-state index contributed by atoms with van der Waals surface area (Å²) in [7, 11) is -1.43. The van der Waals surface area contributed by atoms with E-state index in [1.165, 1.54) is 0 Å². The fourth-order valence-electron chi connectivity index (χ4n) is 5.14. The Kier molecular flexibility index (Phi) is 48.1. The first-order chi connectivity index (χ1) is 23.9. The molecule has 4 radical (unpaired) electrons. The van der Waals surface area contributed by atoms with Crippen LogP contribution in [0.25, 0.3) is 0 Å². The fraction of sp³-hybridized carbons (Fsp3) is 0.686. The minimum atomic E-state index is -1.43. The van der Waals surface area contributed by atoms with Gasteiger partial charge in [0.1, 0.15) is 17.8 Å². The molecule has 0 aromatic carbocycles. The molecular formula is C35H46Co2O15Si. The van der Waals surface area contributed by atoms with Gasteiger partial charge >= 0.3 is 96.6 Å². The number of hydrogen-bond acceptors (Lipinski definition) is 7. The molecule has 0 spiro atoms. The quantitative estimate of drug-likeness (QED) is 0.161. The van der Waals surface area contributed by atoms with Crippen molar-refractivity contribution in [1.82, 2.24) is 0 Å². The smallest absolute Gasteiger partial charge is 0 e. The molecule has 1 N–H and O–H groups in total. The van der Waals surface area contributed by atoms with Crippen LogP contribution in [0.15, 0.2) is 0 Å². The van der Waals surface area contributed by atoms with Gasteiger partial charge in [0.15, 0.2) is 0 Å². The SMILES string of the molecule is CC(C)(C)OC(=O)OC[C@@](C)(O)[C@@H]1CC[C@@](C)([C@H]2CC[C@@H]([C@@]3(C)CC[C@@H]([C]=[C][Si](C)(C)C)O3)O2)O1.[C-]#[O+].[C-]#[O+].[C-]#[O+].[C-]#[O+].[C-]#[O+].[C-]#[O+].[C-]#[O+].[C-]#[O+].[Co].[Co]. The van der Waals surface area contributed by atoms with Crippen molar-refractivity contribution in [2.75, 3.05) is 6.61 Å². The molecule has 3 saturated heterocycles. The summed E-state index contributed by atoms with van der Waals surface area (Å²) in [5.74, 6) is 0. The third-order valence-electron chi connectivity index (χ3n) is 7.18. The molecule has 3 aliphatic heterocycles. The molecule has 3 rings (SSSR count). The van der Waals surface area contributed by atoms with Crippen LogP contribution in [0.5, 0.6) is 0 Å². The molecule has 3 fully saturated rings. The van der Waals surface area contributed by atoms with Crippen molar-refractivity contribution >= 4 is 14.2 Å². The second-order valence-corrected chi connectivity index (χ2v) is 18.0. The summed E-state index contributed by atoms with van der Waals surface area (Å²) in [6.07, 6.45) is 7.12. The number of rotatable bonds is 7. The molecule has 298 valence electrons. The normalized spacial score (nSPS) is 25.5. The Labute approximate surface area is 335 Å². The van der Waals surface area contributed by atoms with Gasteiger partial charge in [-0.15, -0.1) is 0 Å². The summed E-state index contributed by atoms with van der Waals surface area (Å²) in [4.78, 5) is 11.9. The zero-order valence-electron chi connectivity index (χ0n) is 31.1. The maximum Gasteiger partial charge on any atom is 0 e. The van der Waals surface area contributed by atoms with Crippen LogP contribution in [0, 0.1) is 65.0 Å². The molecule has 0 saturated carbocycles. The third-order valence-corrected chi connectivity index (χ3v) is 8.08. The van der Waals surface area contributed by atoms with E-state index in [0.717, 1.165) is 32.1 Å². The van der Waals surface area contributed by atoms with Gasteiger partial charge in [0.25, 0.3) is 0 Å². The number of carbonyl (C=O) groups excluding carboxylic acids is 1. The molecule has 0 aromatic rings. The van der Waals surface area contributed by atoms with E-state index in [-0.39, 0.29) is 64.1 Å². The molecule has 0 bridgehead atoms. The molecule has 0 unspecified atom stereocenters. The maximum absolute atomic E-state index is 11.9. The number of carbonyl (C=O) groups is 1. The van der Waals surface area contributed by atoms with Crippen molar-refractivity contribution in [2.24, 2.45) is 0 Å². The molecular weight excluding hydrogens is 806 g/mol. The van der Waals surface area contributed by atoms with E-state index in [0.29, 0.717) is 6.42 Å². The monoisotopic (exact) mass is 852 g/mol. The zero-order valence-corrected chi connectivity index (χ0v) is 34.2. The van der Waals surface area contributed by atoms with Crippen LogP contribution in [0.4, 0.5) is 4.79 Å². The summed E-state index contributed by atoms with van der Waals surface area (Å²) < 4.78 is 89.8. The summed E-state index contributed by atoms with van der Waals surface area (Å²) >= 11 is 0. The van der Waals surface area contributed by atoms with Crippen molar-refractivity contribution in [3.05, 3.63) is 65.0 Å². The van der Waals surface area contributed by atoms with E-state index in [4.69, 9.17) is 60.9 Å². The molecule has 0 aromatic heterocycles. The van der Waals surface area contributed by atoms with Gasteiger partial charge in [0.05, 0.1) is 43.7 Å². The van der Waals surface area contributed by atoms with Gasteiger partial charge in [-0.3, -0.25) is 0 Å². The summed E-state index contributed by atoms with van der Waals surface area (Å²) in [5.41, 5.74) is 0.613. The fourth-order valence-corrected chi connectivity index (χ4v) is 5.74. The van der Waals surface area contributed by atoms with Crippen molar-refractivity contribution in [3.63, 3.8) is 0 Å². The summed E-state index contributed by atoms with van der Waals surface area (Å²) in [6.45, 7) is 53.7. The van der Waals surface area contributed by atoms with Gasteiger partial charge in [-0.25, -0.2) is 4.79 Å². The molecule has 3 aliphatic rings. The Morgan fingerprint density at radius 3 is 1.49 bits per heavy atom. The Balaban J connectivity index is -0.000000166. The second-order valence-electron chi connectivity index (χ2n) is 13.2. The van der Waals surface area contributed by atoms with E-state index in [9.17, 15) is 9.90 Å². The van der Waals surface area contributed by atoms with Crippen LogP contribution < -0.4 is 0 Å². The van der Waals surface area contributed by atoms with Crippen molar-refractivity contribution in [3.8, 4) is 0 Å². The Bertz CT molecular complexity index is 1080.